The number of rotatable bonds is 5. The van der Waals surface area contributed by atoms with Gasteiger partial charge in [-0.2, -0.15) is 0 Å². The third-order valence-corrected chi connectivity index (χ3v) is 4.91. The van der Waals surface area contributed by atoms with Crippen LogP contribution in [0.5, 0.6) is 0 Å². The SMILES string of the molecule is COC(=O)c1ccc(-c2ccc(/C=C3\C(=O)NC(=O)N(Cc4ccco4)C3=O)o2)c(C)c1. The molecule has 32 heavy (non-hydrogen) atoms. The Labute approximate surface area is 182 Å². The third-order valence-electron chi connectivity index (χ3n) is 4.91. The molecular weight excluding hydrogens is 416 g/mol. The number of amides is 4. The Morgan fingerprint density at radius 3 is 2.66 bits per heavy atom. The number of methoxy groups -OCH3 is 1. The summed E-state index contributed by atoms with van der Waals surface area (Å²) in [6.07, 6.45) is 2.70. The fraction of sp³-hybridized carbons (Fsp3) is 0.130. The number of nitrogens with zero attached hydrogens (tertiary/aromatic N) is 1. The number of aryl methyl sites for hydroxylation is 1. The van der Waals surface area contributed by atoms with Crippen molar-refractivity contribution in [2.75, 3.05) is 7.11 Å². The van der Waals surface area contributed by atoms with Crippen LogP contribution >= 0.6 is 0 Å². The van der Waals surface area contributed by atoms with Crippen LogP contribution in [0.2, 0.25) is 0 Å². The van der Waals surface area contributed by atoms with Gasteiger partial charge in [-0.3, -0.25) is 19.8 Å². The van der Waals surface area contributed by atoms with E-state index in [1.54, 1.807) is 42.5 Å². The van der Waals surface area contributed by atoms with E-state index in [4.69, 9.17) is 13.6 Å². The lowest BCUT2D eigenvalue weighted by Gasteiger charge is -2.25. The zero-order valence-electron chi connectivity index (χ0n) is 17.2. The first-order chi connectivity index (χ1) is 15.4. The Morgan fingerprint density at radius 2 is 1.97 bits per heavy atom. The molecule has 162 valence electrons. The lowest BCUT2D eigenvalue weighted by atomic mass is 10.0. The van der Waals surface area contributed by atoms with Crippen LogP contribution in [0, 0.1) is 6.92 Å². The maximum atomic E-state index is 12.8. The lowest BCUT2D eigenvalue weighted by Crippen LogP contribution is -2.53. The molecule has 0 unspecified atom stereocenters. The van der Waals surface area contributed by atoms with Gasteiger partial charge in [0.1, 0.15) is 22.9 Å². The number of benzene rings is 1. The van der Waals surface area contributed by atoms with Gasteiger partial charge in [0.2, 0.25) is 0 Å². The molecule has 3 heterocycles. The van der Waals surface area contributed by atoms with Crippen LogP contribution < -0.4 is 5.32 Å². The molecular formula is C23H18N2O7. The van der Waals surface area contributed by atoms with E-state index in [0.717, 1.165) is 16.0 Å². The number of urea groups is 1. The van der Waals surface area contributed by atoms with E-state index in [1.165, 1.54) is 19.4 Å². The number of ether oxygens (including phenoxy) is 1. The predicted octanol–water partition coefficient (Wildman–Crippen LogP) is 3.30. The smallest absolute Gasteiger partial charge is 0.337 e. The lowest BCUT2D eigenvalue weighted by molar-refractivity contribution is -0.130. The predicted molar refractivity (Wildman–Crippen MR) is 111 cm³/mol. The van der Waals surface area contributed by atoms with Gasteiger partial charge in [0.05, 0.1) is 25.5 Å². The van der Waals surface area contributed by atoms with Gasteiger partial charge in [-0.25, -0.2) is 9.59 Å². The number of esters is 1. The summed E-state index contributed by atoms with van der Waals surface area (Å²) >= 11 is 0. The van der Waals surface area contributed by atoms with Crippen molar-refractivity contribution >= 4 is 29.9 Å². The summed E-state index contributed by atoms with van der Waals surface area (Å²) < 4.78 is 15.7. The van der Waals surface area contributed by atoms with Crippen molar-refractivity contribution in [2.24, 2.45) is 0 Å². The summed E-state index contributed by atoms with van der Waals surface area (Å²) in [7, 11) is 1.31. The molecule has 1 aliphatic heterocycles. The number of barbiturate groups is 1. The molecule has 1 fully saturated rings. The summed E-state index contributed by atoms with van der Waals surface area (Å²) in [6, 6.07) is 10.7. The summed E-state index contributed by atoms with van der Waals surface area (Å²) in [5.74, 6) is -0.882. The first-order valence-electron chi connectivity index (χ1n) is 9.58. The second-order valence-corrected chi connectivity index (χ2v) is 7.01. The summed E-state index contributed by atoms with van der Waals surface area (Å²) in [5.41, 5.74) is 1.68. The number of imide groups is 2. The van der Waals surface area contributed by atoms with Gasteiger partial charge in [-0.15, -0.1) is 0 Å². The number of hydrogen-bond acceptors (Lipinski definition) is 7. The van der Waals surface area contributed by atoms with Gasteiger partial charge >= 0.3 is 12.0 Å². The Kier molecular flexibility index (Phi) is 5.46. The molecule has 1 aromatic carbocycles. The van der Waals surface area contributed by atoms with E-state index in [9.17, 15) is 19.2 Å². The van der Waals surface area contributed by atoms with Crippen LogP contribution in [0.25, 0.3) is 17.4 Å². The highest BCUT2D eigenvalue weighted by Gasteiger charge is 2.36. The minimum Gasteiger partial charge on any atom is -0.467 e. The molecule has 1 saturated heterocycles. The van der Waals surface area contributed by atoms with Crippen molar-refractivity contribution in [2.45, 2.75) is 13.5 Å². The molecule has 9 nitrogen and oxygen atoms in total. The topological polar surface area (TPSA) is 119 Å². The number of nitrogens with one attached hydrogen (secondary N) is 1. The van der Waals surface area contributed by atoms with Crippen molar-refractivity contribution in [3.63, 3.8) is 0 Å². The van der Waals surface area contributed by atoms with Gasteiger partial charge in [-0.05, 0) is 55.0 Å². The fourth-order valence-electron chi connectivity index (χ4n) is 3.30. The molecule has 9 heteroatoms. The molecule has 1 N–H and O–H groups in total. The quantitative estimate of drug-likeness (QED) is 0.372. The molecule has 1 aliphatic rings. The largest absolute Gasteiger partial charge is 0.467 e. The molecule has 0 atom stereocenters. The molecule has 0 spiro atoms. The number of carbonyl (C=O) groups is 4. The molecule has 4 rings (SSSR count). The number of carbonyl (C=O) groups excluding carboxylic acids is 4. The van der Waals surface area contributed by atoms with Gasteiger partial charge in [-0.1, -0.05) is 6.07 Å². The highest BCUT2D eigenvalue weighted by molar-refractivity contribution is 6.30. The minimum atomic E-state index is -0.824. The molecule has 2 aromatic heterocycles. The Morgan fingerprint density at radius 1 is 1.16 bits per heavy atom. The molecule has 0 aliphatic carbocycles. The second-order valence-electron chi connectivity index (χ2n) is 7.01. The normalized spacial score (nSPS) is 15.2. The van der Waals surface area contributed by atoms with Crippen LogP contribution in [-0.2, 0) is 20.9 Å². The third kappa shape index (κ3) is 3.95. The minimum absolute atomic E-state index is 0.114. The highest BCUT2D eigenvalue weighted by atomic mass is 16.5. The van der Waals surface area contributed by atoms with Crippen LogP contribution in [0.1, 0.15) is 27.4 Å². The van der Waals surface area contributed by atoms with E-state index in [0.29, 0.717) is 17.1 Å². The van der Waals surface area contributed by atoms with Crippen LogP contribution in [0.3, 0.4) is 0 Å². The standard InChI is InChI=1S/C23H18N2O7/c1-13-10-14(22(28)30-2)5-7-17(13)19-8-6-15(32-19)11-18-20(26)24-23(29)25(21(18)27)12-16-4-3-9-31-16/h3-11H,12H2,1-2H3,(H,24,26,29)/b18-11+. The number of hydrogen-bond donors (Lipinski definition) is 1. The van der Waals surface area contributed by atoms with Crippen molar-refractivity contribution in [1.82, 2.24) is 10.2 Å². The zero-order valence-corrected chi connectivity index (χ0v) is 17.2. The second kappa shape index (κ2) is 8.38. The fourth-order valence-corrected chi connectivity index (χ4v) is 3.30. The molecule has 0 saturated carbocycles. The summed E-state index contributed by atoms with van der Waals surface area (Å²) in [5, 5.41) is 2.14. The monoisotopic (exact) mass is 434 g/mol. The molecule has 0 radical (unpaired) electrons. The van der Waals surface area contributed by atoms with Gasteiger partial charge in [0.25, 0.3) is 11.8 Å². The first kappa shape index (κ1) is 20.9. The van der Waals surface area contributed by atoms with Crippen molar-refractivity contribution in [1.29, 1.82) is 0 Å². The average Bonchev–Trinajstić information content (AvgIpc) is 3.45. The van der Waals surface area contributed by atoms with Crippen molar-refractivity contribution in [3.8, 4) is 11.3 Å². The summed E-state index contributed by atoms with van der Waals surface area (Å²) in [4.78, 5) is 49.7. The van der Waals surface area contributed by atoms with Crippen molar-refractivity contribution < 1.29 is 32.7 Å². The number of furan rings is 2. The Balaban J connectivity index is 1.60. The van der Waals surface area contributed by atoms with E-state index in [-0.39, 0.29) is 17.9 Å². The highest BCUT2D eigenvalue weighted by Crippen LogP contribution is 2.28. The van der Waals surface area contributed by atoms with Gasteiger partial charge < -0.3 is 13.6 Å². The molecule has 0 bridgehead atoms. The first-order valence-corrected chi connectivity index (χ1v) is 9.58. The zero-order chi connectivity index (χ0) is 22.8. The molecule has 3 aromatic rings. The van der Waals surface area contributed by atoms with Crippen LogP contribution in [0.4, 0.5) is 4.79 Å². The van der Waals surface area contributed by atoms with E-state index >= 15 is 0 Å². The van der Waals surface area contributed by atoms with Crippen LogP contribution in [-0.4, -0.2) is 35.8 Å². The van der Waals surface area contributed by atoms with Gasteiger partial charge in [0, 0.05) is 5.56 Å². The molecule has 4 amide bonds. The van der Waals surface area contributed by atoms with E-state index in [2.05, 4.69) is 5.32 Å². The van der Waals surface area contributed by atoms with Crippen LogP contribution in [0.15, 0.2) is 63.1 Å². The van der Waals surface area contributed by atoms with Crippen molar-refractivity contribution in [3.05, 3.63) is 76.9 Å². The van der Waals surface area contributed by atoms with Gasteiger partial charge in [0.15, 0.2) is 0 Å². The van der Waals surface area contributed by atoms with E-state index < -0.39 is 23.8 Å². The average molecular weight is 434 g/mol. The maximum Gasteiger partial charge on any atom is 0.337 e. The Bertz CT molecular complexity index is 1250. The summed E-state index contributed by atoms with van der Waals surface area (Å²) in [6.45, 7) is 1.70. The Hall–Kier alpha value is -4.40. The van der Waals surface area contributed by atoms with E-state index in [1.807, 2.05) is 6.92 Å². The maximum absolute atomic E-state index is 12.8.